The van der Waals surface area contributed by atoms with Crippen molar-refractivity contribution >= 4 is 25.1 Å². The van der Waals surface area contributed by atoms with E-state index in [2.05, 4.69) is 23.9 Å². The van der Waals surface area contributed by atoms with Crippen molar-refractivity contribution in [2.75, 3.05) is 0 Å². The van der Waals surface area contributed by atoms with Crippen LogP contribution in [0.4, 0.5) is 0 Å². The van der Waals surface area contributed by atoms with Gasteiger partial charge in [0.05, 0.1) is 0 Å². The molecule has 0 bridgehead atoms. The van der Waals surface area contributed by atoms with Crippen LogP contribution in [0.3, 0.4) is 0 Å². The third-order valence-corrected chi connectivity index (χ3v) is 4.13. The van der Waals surface area contributed by atoms with E-state index in [4.69, 9.17) is 0 Å². The van der Waals surface area contributed by atoms with E-state index in [0.29, 0.717) is 0 Å². The molecule has 37 valence electrons. The van der Waals surface area contributed by atoms with Crippen molar-refractivity contribution in [3.8, 4) is 0 Å². The minimum atomic E-state index is 0.0350. The van der Waals surface area contributed by atoms with Crippen LogP contribution in [-0.4, -0.2) is 25.1 Å². The van der Waals surface area contributed by atoms with Crippen LogP contribution < -0.4 is 0 Å². The fourth-order valence-electron chi connectivity index (χ4n) is 0.483. The van der Waals surface area contributed by atoms with Gasteiger partial charge in [-0.15, -0.1) is 0 Å². The average Bonchev–Trinajstić information content (AvgIpc) is 1.91. The molecule has 0 saturated heterocycles. The Kier molecular flexibility index (Phi) is 1.69. The summed E-state index contributed by atoms with van der Waals surface area (Å²) in [5, 5.41) is 0. The van der Waals surface area contributed by atoms with Crippen LogP contribution >= 0.6 is 0 Å². The van der Waals surface area contributed by atoms with Gasteiger partial charge in [-0.2, -0.15) is 0 Å². The van der Waals surface area contributed by atoms with Crippen LogP contribution in [0, 0.1) is 3.86 Å². The van der Waals surface area contributed by atoms with E-state index >= 15 is 0 Å². The Labute approximate surface area is 54.6 Å². The third-order valence-electron chi connectivity index (χ3n) is 1.16. The van der Waals surface area contributed by atoms with E-state index in [1.807, 2.05) is 0 Å². The Morgan fingerprint density at radius 3 is 2.29 bits per heavy atom. The molecular weight excluding hydrogens is 194 g/mol. The predicted molar refractivity (Wildman–Crippen MR) is 34.5 cm³/mol. The summed E-state index contributed by atoms with van der Waals surface area (Å²) in [6, 6.07) is 0. The zero-order chi connectivity index (χ0) is 5.28. The molecular formula is C6H8Sb. The summed E-state index contributed by atoms with van der Waals surface area (Å²) in [6.07, 6.45) is 2.24. The molecule has 0 aromatic carbocycles. The number of allylic oxidation sites excluding steroid dienone is 2. The zero-order valence-electron chi connectivity index (χ0n) is 4.60. The molecule has 0 unspecified atom stereocenters. The Morgan fingerprint density at radius 1 is 1.43 bits per heavy atom. The van der Waals surface area contributed by atoms with Crippen LogP contribution in [-0.2, 0) is 0 Å². The van der Waals surface area contributed by atoms with Gasteiger partial charge in [-0.1, -0.05) is 0 Å². The molecule has 0 aromatic rings. The molecule has 0 nitrogen and oxygen atoms in total. The van der Waals surface area contributed by atoms with Gasteiger partial charge in [0.15, 0.2) is 0 Å². The maximum absolute atomic E-state index is 2.35. The molecule has 0 amide bonds. The normalized spacial score (nSPS) is 20.6. The molecule has 0 saturated carbocycles. The summed E-state index contributed by atoms with van der Waals surface area (Å²) in [5.41, 5.74) is 1.51. The third kappa shape index (κ3) is 1.16. The number of hydrogen-bond donors (Lipinski definition) is 0. The topological polar surface area (TPSA) is 0 Å². The average molecular weight is 202 g/mol. The second-order valence-corrected chi connectivity index (χ2v) is 5.22. The first-order valence-electron chi connectivity index (χ1n) is 2.35. The van der Waals surface area contributed by atoms with Crippen LogP contribution in [0.5, 0.6) is 0 Å². The van der Waals surface area contributed by atoms with Crippen molar-refractivity contribution in [2.45, 2.75) is 13.8 Å². The first-order valence-corrected chi connectivity index (χ1v) is 5.10. The van der Waals surface area contributed by atoms with E-state index in [0.717, 1.165) is 0 Å². The molecule has 1 heterocycles. The Bertz CT molecular complexity index is 122. The molecule has 0 atom stereocenters. The molecule has 1 aliphatic rings. The van der Waals surface area contributed by atoms with Gasteiger partial charge in [-0.3, -0.25) is 0 Å². The summed E-state index contributed by atoms with van der Waals surface area (Å²) < 4.78 is 4.01. The summed E-state index contributed by atoms with van der Waals surface area (Å²) in [7, 11) is 0. The Morgan fingerprint density at radius 2 is 2.14 bits per heavy atom. The first-order chi connectivity index (χ1) is 3.30. The Balaban J connectivity index is 2.69. The fourth-order valence-corrected chi connectivity index (χ4v) is 2.77. The number of rotatable bonds is 0. The Hall–Kier alpha value is 0.428. The molecule has 0 spiro atoms. The molecule has 0 N–H and O–H groups in total. The SMILES string of the molecule is C[C]1[Sb]=[CH]C=C1C. The quantitative estimate of drug-likeness (QED) is 0.514. The summed E-state index contributed by atoms with van der Waals surface area (Å²) >= 11 is 0.0350. The van der Waals surface area contributed by atoms with E-state index in [1.54, 1.807) is 3.86 Å². The molecule has 1 rings (SSSR count). The van der Waals surface area contributed by atoms with Gasteiger partial charge >= 0.3 is 54.5 Å². The predicted octanol–water partition coefficient (Wildman–Crippen LogP) is 1.00. The van der Waals surface area contributed by atoms with Gasteiger partial charge in [-0.25, -0.2) is 0 Å². The van der Waals surface area contributed by atoms with E-state index in [1.165, 1.54) is 5.57 Å². The van der Waals surface area contributed by atoms with Gasteiger partial charge in [0, 0.05) is 0 Å². The van der Waals surface area contributed by atoms with Crippen molar-refractivity contribution in [2.24, 2.45) is 0 Å². The van der Waals surface area contributed by atoms with Gasteiger partial charge in [0.1, 0.15) is 0 Å². The molecule has 1 aliphatic heterocycles. The van der Waals surface area contributed by atoms with E-state index < -0.39 is 0 Å². The van der Waals surface area contributed by atoms with E-state index in [-0.39, 0.29) is 21.1 Å². The van der Waals surface area contributed by atoms with Crippen LogP contribution in [0.1, 0.15) is 13.8 Å². The van der Waals surface area contributed by atoms with Crippen LogP contribution in [0.15, 0.2) is 11.6 Å². The molecule has 0 fully saturated rings. The van der Waals surface area contributed by atoms with Crippen molar-refractivity contribution in [1.82, 2.24) is 0 Å². The summed E-state index contributed by atoms with van der Waals surface area (Å²) in [6.45, 7) is 4.43. The molecule has 1 heteroatoms. The van der Waals surface area contributed by atoms with Gasteiger partial charge in [0.25, 0.3) is 0 Å². The molecule has 1 radical (unpaired) electrons. The molecule has 7 heavy (non-hydrogen) atoms. The summed E-state index contributed by atoms with van der Waals surface area (Å²) in [4.78, 5) is 0. The van der Waals surface area contributed by atoms with Gasteiger partial charge < -0.3 is 0 Å². The zero-order valence-corrected chi connectivity index (χ0v) is 7.15. The van der Waals surface area contributed by atoms with Gasteiger partial charge in [0.2, 0.25) is 0 Å². The summed E-state index contributed by atoms with van der Waals surface area (Å²) in [5.74, 6) is 0. The number of hydrogen-bond acceptors (Lipinski definition) is 0. The van der Waals surface area contributed by atoms with Crippen molar-refractivity contribution in [3.63, 3.8) is 0 Å². The molecule has 0 aliphatic carbocycles. The maximum atomic E-state index is 2.35. The van der Waals surface area contributed by atoms with Crippen molar-refractivity contribution in [3.05, 3.63) is 15.5 Å². The first kappa shape index (κ1) is 5.56. The molecule has 0 aromatic heterocycles. The van der Waals surface area contributed by atoms with Crippen molar-refractivity contribution < 1.29 is 0 Å². The standard InChI is InChI=1S/C6H8.Sb/c1-4-6(3)5-2;/h1,4H,2-3H3;. The minimum absolute atomic E-state index is 0.0350. The van der Waals surface area contributed by atoms with Crippen molar-refractivity contribution in [1.29, 1.82) is 0 Å². The van der Waals surface area contributed by atoms with Crippen LogP contribution in [0.2, 0.25) is 0 Å². The van der Waals surface area contributed by atoms with Crippen LogP contribution in [0.25, 0.3) is 0 Å². The van der Waals surface area contributed by atoms with Gasteiger partial charge in [-0.05, 0) is 0 Å². The second-order valence-electron chi connectivity index (χ2n) is 1.71. The monoisotopic (exact) mass is 201 g/mol. The second kappa shape index (κ2) is 2.13. The van der Waals surface area contributed by atoms with E-state index in [9.17, 15) is 0 Å². The fraction of sp³-hybridized carbons (Fsp3) is 0.333.